The third-order valence-corrected chi connectivity index (χ3v) is 6.89. The molecule has 1 aromatic heterocycles. The van der Waals surface area contributed by atoms with E-state index in [-0.39, 0.29) is 6.04 Å². The molecule has 1 aliphatic rings. The van der Waals surface area contributed by atoms with Crippen molar-refractivity contribution in [2.75, 3.05) is 5.01 Å². The van der Waals surface area contributed by atoms with Gasteiger partial charge in [-0.2, -0.15) is 10.2 Å². The molecule has 36 heavy (non-hydrogen) atoms. The molecule has 6 heteroatoms. The van der Waals surface area contributed by atoms with E-state index in [4.69, 9.17) is 33.4 Å². The van der Waals surface area contributed by atoms with Gasteiger partial charge in [0.15, 0.2) is 0 Å². The Morgan fingerprint density at radius 3 is 2.03 bits per heavy atom. The van der Waals surface area contributed by atoms with Crippen LogP contribution in [0.1, 0.15) is 23.6 Å². The van der Waals surface area contributed by atoms with E-state index in [9.17, 15) is 0 Å². The summed E-state index contributed by atoms with van der Waals surface area (Å²) in [6, 6.07) is 36.2. The van der Waals surface area contributed by atoms with Crippen LogP contribution in [0.2, 0.25) is 10.0 Å². The van der Waals surface area contributed by atoms with E-state index in [2.05, 4.69) is 47.6 Å². The van der Waals surface area contributed by atoms with Crippen LogP contribution < -0.4 is 5.01 Å². The van der Waals surface area contributed by atoms with Crippen LogP contribution in [0.15, 0.2) is 120 Å². The second kappa shape index (κ2) is 9.65. The van der Waals surface area contributed by atoms with Crippen LogP contribution in [0.5, 0.6) is 0 Å². The van der Waals surface area contributed by atoms with Crippen molar-refractivity contribution >= 4 is 34.6 Å². The molecule has 0 fully saturated rings. The third-order valence-electron chi connectivity index (χ3n) is 6.34. The van der Waals surface area contributed by atoms with E-state index in [1.165, 1.54) is 0 Å². The Morgan fingerprint density at radius 1 is 0.722 bits per heavy atom. The van der Waals surface area contributed by atoms with E-state index in [1.807, 2.05) is 71.4 Å². The molecule has 0 N–H and O–H groups in total. The molecule has 1 aliphatic heterocycles. The molecule has 6 rings (SSSR count). The minimum absolute atomic E-state index is 0.0678. The van der Waals surface area contributed by atoms with Gasteiger partial charge in [0.25, 0.3) is 0 Å². The van der Waals surface area contributed by atoms with Gasteiger partial charge < -0.3 is 0 Å². The van der Waals surface area contributed by atoms with Gasteiger partial charge in [0.1, 0.15) is 0 Å². The highest BCUT2D eigenvalue weighted by molar-refractivity contribution is 6.37. The zero-order chi connectivity index (χ0) is 24.5. The first kappa shape index (κ1) is 22.6. The molecular weight excluding hydrogens is 487 g/mol. The standard InChI is InChI=1S/C30H22Cl2N4/c31-22-16-17-25(27(32)18-22)28-19-29(36(33-28)24-14-8-3-9-15-24)26-20-35(23-12-6-2-7-13-23)34-30(26)21-10-4-1-5-11-21/h1-18,20,29H,19H2. The second-order valence-corrected chi connectivity index (χ2v) is 9.49. The first-order valence-electron chi connectivity index (χ1n) is 11.7. The summed E-state index contributed by atoms with van der Waals surface area (Å²) in [7, 11) is 0. The highest BCUT2D eigenvalue weighted by Crippen LogP contribution is 2.41. The van der Waals surface area contributed by atoms with Crippen molar-refractivity contribution in [3.63, 3.8) is 0 Å². The molecule has 4 nitrogen and oxygen atoms in total. The van der Waals surface area contributed by atoms with Gasteiger partial charge in [-0.1, -0.05) is 96.0 Å². The van der Waals surface area contributed by atoms with Gasteiger partial charge in [0.05, 0.1) is 33.8 Å². The number of aromatic nitrogens is 2. The molecule has 0 saturated heterocycles. The molecule has 0 radical (unpaired) electrons. The summed E-state index contributed by atoms with van der Waals surface area (Å²) in [5, 5.41) is 13.4. The van der Waals surface area contributed by atoms with E-state index in [0.29, 0.717) is 16.5 Å². The number of hydrogen-bond acceptors (Lipinski definition) is 3. The predicted molar refractivity (Wildman–Crippen MR) is 148 cm³/mol. The van der Waals surface area contributed by atoms with Crippen molar-refractivity contribution in [1.29, 1.82) is 0 Å². The van der Waals surface area contributed by atoms with Crippen molar-refractivity contribution in [3.8, 4) is 16.9 Å². The van der Waals surface area contributed by atoms with Crippen molar-refractivity contribution in [2.45, 2.75) is 12.5 Å². The quantitative estimate of drug-likeness (QED) is 0.239. The number of hydrogen-bond donors (Lipinski definition) is 0. The van der Waals surface area contributed by atoms with Gasteiger partial charge >= 0.3 is 0 Å². The molecule has 2 heterocycles. The SMILES string of the molecule is Clc1ccc(C2=NN(c3ccccc3)C(c3cn(-c4ccccc4)nc3-c3ccccc3)C2)c(Cl)c1. The van der Waals surface area contributed by atoms with Crippen LogP contribution in [0.3, 0.4) is 0 Å². The van der Waals surface area contributed by atoms with Crippen molar-refractivity contribution in [3.05, 3.63) is 137 Å². The summed E-state index contributed by atoms with van der Waals surface area (Å²) >= 11 is 12.8. The minimum Gasteiger partial charge on any atom is -0.257 e. The zero-order valence-corrected chi connectivity index (χ0v) is 20.8. The fourth-order valence-corrected chi connectivity index (χ4v) is 5.14. The molecule has 4 aromatic carbocycles. The first-order valence-corrected chi connectivity index (χ1v) is 12.5. The Hall–Kier alpha value is -3.86. The second-order valence-electron chi connectivity index (χ2n) is 8.65. The average Bonchev–Trinajstić information content (AvgIpc) is 3.55. The Kier molecular flexibility index (Phi) is 6.06. The molecule has 0 bridgehead atoms. The number of rotatable bonds is 5. The van der Waals surface area contributed by atoms with E-state index < -0.39 is 0 Å². The number of anilines is 1. The topological polar surface area (TPSA) is 33.4 Å². The van der Waals surface area contributed by atoms with Crippen LogP contribution >= 0.6 is 23.2 Å². The summed E-state index contributed by atoms with van der Waals surface area (Å²) in [6.45, 7) is 0. The minimum atomic E-state index is -0.0678. The smallest absolute Gasteiger partial charge is 0.0981 e. The molecule has 176 valence electrons. The lowest BCUT2D eigenvalue weighted by Crippen LogP contribution is -2.18. The molecule has 5 aromatic rings. The normalized spacial score (nSPS) is 15.2. The summed E-state index contributed by atoms with van der Waals surface area (Å²) in [6.07, 6.45) is 2.80. The summed E-state index contributed by atoms with van der Waals surface area (Å²) in [5.74, 6) is 0. The van der Waals surface area contributed by atoms with Crippen LogP contribution in [0.25, 0.3) is 16.9 Å². The van der Waals surface area contributed by atoms with Crippen LogP contribution in [0, 0.1) is 0 Å². The summed E-state index contributed by atoms with van der Waals surface area (Å²) in [5.41, 5.74) is 6.91. The number of hydrazone groups is 1. The zero-order valence-electron chi connectivity index (χ0n) is 19.3. The monoisotopic (exact) mass is 508 g/mol. The van der Waals surface area contributed by atoms with Gasteiger partial charge in [-0.05, 0) is 36.4 Å². The van der Waals surface area contributed by atoms with Crippen LogP contribution in [0.4, 0.5) is 5.69 Å². The third kappa shape index (κ3) is 4.30. The van der Waals surface area contributed by atoms with Crippen LogP contribution in [-0.4, -0.2) is 15.5 Å². The predicted octanol–water partition coefficient (Wildman–Crippen LogP) is 8.20. The van der Waals surface area contributed by atoms with E-state index in [0.717, 1.165) is 39.5 Å². The highest BCUT2D eigenvalue weighted by Gasteiger charge is 2.34. The molecule has 0 aliphatic carbocycles. The van der Waals surface area contributed by atoms with Gasteiger partial charge in [-0.15, -0.1) is 0 Å². The van der Waals surface area contributed by atoms with Gasteiger partial charge in [0.2, 0.25) is 0 Å². The van der Waals surface area contributed by atoms with E-state index >= 15 is 0 Å². The van der Waals surface area contributed by atoms with Gasteiger partial charge in [0, 0.05) is 34.3 Å². The molecule has 0 saturated carbocycles. The van der Waals surface area contributed by atoms with Crippen molar-refractivity contribution in [1.82, 2.24) is 9.78 Å². The molecular formula is C30H22Cl2N4. The number of nitrogens with zero attached hydrogens (tertiary/aromatic N) is 4. The summed E-state index contributed by atoms with van der Waals surface area (Å²) in [4.78, 5) is 0. The fraction of sp³-hybridized carbons (Fsp3) is 0.0667. The Balaban J connectivity index is 1.50. The number of benzene rings is 4. The maximum Gasteiger partial charge on any atom is 0.0981 e. The fourth-order valence-electron chi connectivity index (χ4n) is 4.62. The highest BCUT2D eigenvalue weighted by atomic mass is 35.5. The average molecular weight is 509 g/mol. The molecule has 1 atom stereocenters. The molecule has 0 spiro atoms. The first-order chi connectivity index (χ1) is 17.7. The summed E-state index contributed by atoms with van der Waals surface area (Å²) < 4.78 is 1.95. The molecule has 1 unspecified atom stereocenters. The van der Waals surface area contributed by atoms with Crippen LogP contribution in [-0.2, 0) is 0 Å². The lowest BCUT2D eigenvalue weighted by atomic mass is 9.96. The Labute approximate surface area is 220 Å². The maximum absolute atomic E-state index is 6.61. The Morgan fingerprint density at radius 2 is 1.36 bits per heavy atom. The lowest BCUT2D eigenvalue weighted by Gasteiger charge is -2.23. The van der Waals surface area contributed by atoms with E-state index in [1.54, 1.807) is 6.07 Å². The maximum atomic E-state index is 6.61. The largest absolute Gasteiger partial charge is 0.257 e. The number of halogens is 2. The molecule has 0 amide bonds. The lowest BCUT2D eigenvalue weighted by molar-refractivity contribution is 0.709. The Bertz CT molecular complexity index is 1530. The van der Waals surface area contributed by atoms with Gasteiger partial charge in [-0.25, -0.2) is 4.68 Å². The number of para-hydroxylation sites is 2. The van der Waals surface area contributed by atoms with Crippen molar-refractivity contribution in [2.24, 2.45) is 5.10 Å². The van der Waals surface area contributed by atoms with Gasteiger partial charge in [-0.3, -0.25) is 5.01 Å². The van der Waals surface area contributed by atoms with Crippen molar-refractivity contribution < 1.29 is 0 Å².